The molecule has 0 amide bonds. The molecule has 2 aromatic rings. The van der Waals surface area contributed by atoms with Gasteiger partial charge in [-0.25, -0.2) is 0 Å². The number of thioether (sulfide) groups is 1. The Labute approximate surface area is 119 Å². The third-order valence-corrected chi connectivity index (χ3v) is 3.90. The Kier molecular flexibility index (Phi) is 5.92. The SMILES string of the molecule is CCNCc1ccc(SCCc2cccnc2)cc1. The summed E-state index contributed by atoms with van der Waals surface area (Å²) in [6.45, 7) is 4.10. The van der Waals surface area contributed by atoms with Gasteiger partial charge < -0.3 is 5.32 Å². The van der Waals surface area contributed by atoms with E-state index in [2.05, 4.69) is 47.6 Å². The van der Waals surface area contributed by atoms with E-state index in [0.717, 1.165) is 25.3 Å². The molecular formula is C16H20N2S. The van der Waals surface area contributed by atoms with E-state index < -0.39 is 0 Å². The van der Waals surface area contributed by atoms with E-state index in [4.69, 9.17) is 0 Å². The molecule has 0 aliphatic carbocycles. The van der Waals surface area contributed by atoms with Gasteiger partial charge in [-0.05, 0) is 42.3 Å². The lowest BCUT2D eigenvalue weighted by Gasteiger charge is -2.05. The molecular weight excluding hydrogens is 252 g/mol. The molecule has 1 N–H and O–H groups in total. The predicted octanol–water partition coefficient (Wildman–Crippen LogP) is 3.53. The molecule has 0 aliphatic rings. The number of nitrogens with zero attached hydrogens (tertiary/aromatic N) is 1. The van der Waals surface area contributed by atoms with Crippen molar-refractivity contribution in [2.75, 3.05) is 12.3 Å². The smallest absolute Gasteiger partial charge is 0.0300 e. The second-order valence-corrected chi connectivity index (χ2v) is 5.55. The van der Waals surface area contributed by atoms with Crippen molar-refractivity contribution in [3.63, 3.8) is 0 Å². The second kappa shape index (κ2) is 7.97. The van der Waals surface area contributed by atoms with Gasteiger partial charge in [-0.2, -0.15) is 0 Å². The van der Waals surface area contributed by atoms with Gasteiger partial charge in [0.05, 0.1) is 0 Å². The van der Waals surface area contributed by atoms with Crippen LogP contribution in [0, 0.1) is 0 Å². The van der Waals surface area contributed by atoms with Crippen molar-refractivity contribution in [1.82, 2.24) is 10.3 Å². The molecule has 1 aromatic heterocycles. The maximum atomic E-state index is 4.13. The Balaban J connectivity index is 1.77. The van der Waals surface area contributed by atoms with Crippen LogP contribution in [-0.4, -0.2) is 17.3 Å². The molecule has 0 unspecified atom stereocenters. The Morgan fingerprint density at radius 1 is 1.11 bits per heavy atom. The Bertz CT molecular complexity index is 468. The molecule has 0 radical (unpaired) electrons. The van der Waals surface area contributed by atoms with Gasteiger partial charge in [0.2, 0.25) is 0 Å². The van der Waals surface area contributed by atoms with E-state index in [1.165, 1.54) is 16.0 Å². The highest BCUT2D eigenvalue weighted by atomic mass is 32.2. The van der Waals surface area contributed by atoms with E-state index in [1.54, 1.807) is 0 Å². The number of benzene rings is 1. The van der Waals surface area contributed by atoms with E-state index in [9.17, 15) is 0 Å². The van der Waals surface area contributed by atoms with Crippen LogP contribution in [0.4, 0.5) is 0 Å². The van der Waals surface area contributed by atoms with Crippen LogP contribution in [0.2, 0.25) is 0 Å². The molecule has 0 aliphatic heterocycles. The van der Waals surface area contributed by atoms with Gasteiger partial charge >= 0.3 is 0 Å². The summed E-state index contributed by atoms with van der Waals surface area (Å²) in [6.07, 6.45) is 4.83. The summed E-state index contributed by atoms with van der Waals surface area (Å²) >= 11 is 1.90. The van der Waals surface area contributed by atoms with E-state index in [0.29, 0.717) is 0 Å². The largest absolute Gasteiger partial charge is 0.313 e. The van der Waals surface area contributed by atoms with Crippen LogP contribution in [-0.2, 0) is 13.0 Å². The Morgan fingerprint density at radius 3 is 2.63 bits per heavy atom. The summed E-state index contributed by atoms with van der Waals surface area (Å²) in [5, 5.41) is 3.33. The van der Waals surface area contributed by atoms with E-state index in [-0.39, 0.29) is 0 Å². The Hall–Kier alpha value is -1.32. The standard InChI is InChI=1S/C16H20N2S/c1-2-17-12-15-5-7-16(8-6-15)19-11-9-14-4-3-10-18-13-14/h3-8,10,13,17H,2,9,11-12H2,1H3. The highest BCUT2D eigenvalue weighted by Gasteiger charge is 1.97. The molecule has 0 bridgehead atoms. The minimum absolute atomic E-state index is 0.955. The van der Waals surface area contributed by atoms with Crippen LogP contribution in [0.3, 0.4) is 0 Å². The van der Waals surface area contributed by atoms with E-state index in [1.807, 2.05) is 30.2 Å². The summed E-state index contributed by atoms with van der Waals surface area (Å²) in [4.78, 5) is 5.47. The van der Waals surface area contributed by atoms with Gasteiger partial charge in [0, 0.05) is 29.6 Å². The zero-order valence-corrected chi connectivity index (χ0v) is 12.1. The van der Waals surface area contributed by atoms with Gasteiger partial charge in [-0.15, -0.1) is 11.8 Å². The van der Waals surface area contributed by atoms with Gasteiger partial charge in [-0.3, -0.25) is 4.98 Å². The minimum Gasteiger partial charge on any atom is -0.313 e. The highest BCUT2D eigenvalue weighted by molar-refractivity contribution is 7.99. The van der Waals surface area contributed by atoms with Gasteiger partial charge in [0.15, 0.2) is 0 Å². The second-order valence-electron chi connectivity index (χ2n) is 4.38. The van der Waals surface area contributed by atoms with Crippen LogP contribution in [0.5, 0.6) is 0 Å². The fourth-order valence-electron chi connectivity index (χ4n) is 1.81. The minimum atomic E-state index is 0.955. The van der Waals surface area contributed by atoms with Gasteiger partial charge in [0.1, 0.15) is 0 Å². The zero-order chi connectivity index (χ0) is 13.3. The number of aryl methyl sites for hydroxylation is 1. The van der Waals surface area contributed by atoms with Crippen LogP contribution in [0.15, 0.2) is 53.7 Å². The first kappa shape index (κ1) is 14.1. The number of hydrogen-bond acceptors (Lipinski definition) is 3. The van der Waals surface area contributed by atoms with Crippen molar-refractivity contribution in [2.45, 2.75) is 24.8 Å². The maximum absolute atomic E-state index is 4.13. The zero-order valence-electron chi connectivity index (χ0n) is 11.3. The lowest BCUT2D eigenvalue weighted by Crippen LogP contribution is -2.11. The molecule has 1 heterocycles. The predicted molar refractivity (Wildman–Crippen MR) is 82.5 cm³/mol. The molecule has 0 saturated carbocycles. The summed E-state index contributed by atoms with van der Waals surface area (Å²) < 4.78 is 0. The average molecular weight is 272 g/mol. The van der Waals surface area contributed by atoms with Gasteiger partial charge in [-0.1, -0.05) is 25.1 Å². The van der Waals surface area contributed by atoms with Crippen LogP contribution in [0.1, 0.15) is 18.1 Å². The molecule has 1 aromatic carbocycles. The molecule has 3 heteroatoms. The highest BCUT2D eigenvalue weighted by Crippen LogP contribution is 2.19. The monoisotopic (exact) mass is 272 g/mol. The first-order chi connectivity index (χ1) is 9.38. The quantitative estimate of drug-likeness (QED) is 0.781. The molecule has 2 rings (SSSR count). The van der Waals surface area contributed by atoms with Crippen molar-refractivity contribution in [3.05, 3.63) is 59.9 Å². The molecule has 0 saturated heterocycles. The maximum Gasteiger partial charge on any atom is 0.0300 e. The number of nitrogens with one attached hydrogen (secondary N) is 1. The summed E-state index contributed by atoms with van der Waals surface area (Å²) in [6, 6.07) is 13.0. The van der Waals surface area contributed by atoms with Crippen molar-refractivity contribution >= 4 is 11.8 Å². The van der Waals surface area contributed by atoms with Crippen LogP contribution in [0.25, 0.3) is 0 Å². The van der Waals surface area contributed by atoms with Crippen molar-refractivity contribution in [1.29, 1.82) is 0 Å². The number of aromatic nitrogens is 1. The molecule has 0 atom stereocenters. The Morgan fingerprint density at radius 2 is 1.95 bits per heavy atom. The van der Waals surface area contributed by atoms with Crippen molar-refractivity contribution in [2.24, 2.45) is 0 Å². The normalized spacial score (nSPS) is 10.6. The fourth-order valence-corrected chi connectivity index (χ4v) is 2.71. The lowest BCUT2D eigenvalue weighted by atomic mass is 10.2. The van der Waals surface area contributed by atoms with Gasteiger partial charge in [0.25, 0.3) is 0 Å². The van der Waals surface area contributed by atoms with Crippen molar-refractivity contribution < 1.29 is 0 Å². The van der Waals surface area contributed by atoms with E-state index >= 15 is 0 Å². The van der Waals surface area contributed by atoms with Crippen LogP contribution >= 0.6 is 11.8 Å². The summed E-state index contributed by atoms with van der Waals surface area (Å²) in [5.41, 5.74) is 2.65. The average Bonchev–Trinajstić information content (AvgIpc) is 2.47. The molecule has 100 valence electrons. The first-order valence-electron chi connectivity index (χ1n) is 6.70. The molecule has 0 spiro atoms. The first-order valence-corrected chi connectivity index (χ1v) is 7.68. The third kappa shape index (κ3) is 5.05. The van der Waals surface area contributed by atoms with Crippen LogP contribution < -0.4 is 5.32 Å². The molecule has 19 heavy (non-hydrogen) atoms. The molecule has 2 nitrogen and oxygen atoms in total. The topological polar surface area (TPSA) is 24.9 Å². The summed E-state index contributed by atoms with van der Waals surface area (Å²) in [5.74, 6) is 1.10. The van der Waals surface area contributed by atoms with Crippen molar-refractivity contribution in [3.8, 4) is 0 Å². The third-order valence-electron chi connectivity index (χ3n) is 2.88. The molecule has 0 fully saturated rings. The number of hydrogen-bond donors (Lipinski definition) is 1. The summed E-state index contributed by atoms with van der Waals surface area (Å²) in [7, 11) is 0. The fraction of sp³-hybridized carbons (Fsp3) is 0.312. The number of pyridine rings is 1. The lowest BCUT2D eigenvalue weighted by molar-refractivity contribution is 0.726. The number of rotatable bonds is 7.